The van der Waals surface area contributed by atoms with E-state index in [9.17, 15) is 14.7 Å². The van der Waals surface area contributed by atoms with E-state index in [-0.39, 0.29) is 17.7 Å². The Hall–Kier alpha value is -1.88. The maximum atomic E-state index is 11.5. The van der Waals surface area contributed by atoms with Crippen LogP contribution in [0.3, 0.4) is 0 Å². The minimum atomic E-state index is -0.742. The van der Waals surface area contributed by atoms with Crippen molar-refractivity contribution in [3.8, 4) is 0 Å². The summed E-state index contributed by atoms with van der Waals surface area (Å²) in [5, 5.41) is 12.2. The Morgan fingerprint density at radius 1 is 1.24 bits per heavy atom. The van der Waals surface area contributed by atoms with Gasteiger partial charge in [-0.05, 0) is 31.5 Å². The monoisotopic (exact) mass is 290 g/mol. The number of carbonyl (C=O) groups excluding carboxylic acids is 1. The molecule has 1 aromatic carbocycles. The molecule has 0 bridgehead atoms. The van der Waals surface area contributed by atoms with Crippen LogP contribution in [0.2, 0.25) is 0 Å². The van der Waals surface area contributed by atoms with Crippen LogP contribution in [0.4, 0.5) is 5.69 Å². The maximum Gasteiger partial charge on any atom is 0.308 e. The van der Waals surface area contributed by atoms with Crippen molar-refractivity contribution in [2.24, 2.45) is 5.92 Å². The van der Waals surface area contributed by atoms with Gasteiger partial charge in [0, 0.05) is 37.7 Å². The fourth-order valence-corrected chi connectivity index (χ4v) is 2.86. The highest BCUT2D eigenvalue weighted by atomic mass is 16.4. The van der Waals surface area contributed by atoms with Crippen molar-refractivity contribution in [1.82, 2.24) is 4.90 Å². The molecule has 0 aromatic heterocycles. The molecule has 1 fully saturated rings. The van der Waals surface area contributed by atoms with Gasteiger partial charge in [0.05, 0.1) is 5.92 Å². The van der Waals surface area contributed by atoms with Gasteiger partial charge in [-0.2, -0.15) is 0 Å². The lowest BCUT2D eigenvalue weighted by atomic mass is 9.89. The van der Waals surface area contributed by atoms with E-state index in [1.165, 1.54) is 6.92 Å². The van der Waals surface area contributed by atoms with E-state index in [0.29, 0.717) is 12.6 Å². The second-order valence-corrected chi connectivity index (χ2v) is 5.90. The van der Waals surface area contributed by atoms with E-state index in [0.717, 1.165) is 17.8 Å². The Labute approximate surface area is 125 Å². The van der Waals surface area contributed by atoms with Crippen LogP contribution in [-0.2, 0) is 9.59 Å². The SMILES string of the molecule is CC(=O)Nc1ccc(C2CN(C(C)C)CC2C(=O)O)cc1. The molecule has 5 nitrogen and oxygen atoms in total. The largest absolute Gasteiger partial charge is 0.481 e. The Kier molecular flexibility index (Phi) is 4.63. The first-order valence-electron chi connectivity index (χ1n) is 7.23. The van der Waals surface area contributed by atoms with E-state index in [4.69, 9.17) is 0 Å². The first kappa shape index (κ1) is 15.5. The van der Waals surface area contributed by atoms with Crippen molar-refractivity contribution in [2.45, 2.75) is 32.7 Å². The van der Waals surface area contributed by atoms with Crippen molar-refractivity contribution >= 4 is 17.6 Å². The molecule has 114 valence electrons. The predicted octanol–water partition coefficient (Wildman–Crippen LogP) is 2.15. The number of carboxylic acid groups (broad SMARTS) is 1. The average Bonchev–Trinajstić information content (AvgIpc) is 2.84. The molecule has 2 atom stereocenters. The third-order valence-corrected chi connectivity index (χ3v) is 4.05. The summed E-state index contributed by atoms with van der Waals surface area (Å²) in [5.74, 6) is -1.23. The lowest BCUT2D eigenvalue weighted by Gasteiger charge is -2.20. The standard InChI is InChI=1S/C16H22N2O3/c1-10(2)18-8-14(15(9-18)16(20)21)12-4-6-13(7-5-12)17-11(3)19/h4-7,10,14-15H,8-9H2,1-3H3,(H,17,19)(H,20,21). The minimum Gasteiger partial charge on any atom is -0.481 e. The number of aliphatic carboxylic acids is 1. The molecule has 5 heteroatoms. The molecule has 0 aliphatic carbocycles. The van der Waals surface area contributed by atoms with Gasteiger partial charge in [-0.1, -0.05) is 12.1 Å². The van der Waals surface area contributed by atoms with Crippen molar-refractivity contribution in [1.29, 1.82) is 0 Å². The van der Waals surface area contributed by atoms with Gasteiger partial charge in [0.2, 0.25) is 5.91 Å². The minimum absolute atomic E-state index is 0.00345. The van der Waals surface area contributed by atoms with Crippen LogP contribution in [0.15, 0.2) is 24.3 Å². The van der Waals surface area contributed by atoms with Gasteiger partial charge < -0.3 is 10.4 Å². The topological polar surface area (TPSA) is 69.6 Å². The number of carboxylic acids is 1. The summed E-state index contributed by atoms with van der Waals surface area (Å²) < 4.78 is 0. The van der Waals surface area contributed by atoms with Gasteiger partial charge in [-0.3, -0.25) is 14.5 Å². The van der Waals surface area contributed by atoms with Crippen LogP contribution in [0.5, 0.6) is 0 Å². The van der Waals surface area contributed by atoms with Gasteiger partial charge in [-0.15, -0.1) is 0 Å². The summed E-state index contributed by atoms with van der Waals surface area (Å²) in [4.78, 5) is 24.7. The average molecular weight is 290 g/mol. The second kappa shape index (κ2) is 6.26. The van der Waals surface area contributed by atoms with Gasteiger partial charge in [0.1, 0.15) is 0 Å². The molecule has 2 unspecified atom stereocenters. The lowest BCUT2D eigenvalue weighted by Crippen LogP contribution is -2.29. The number of anilines is 1. The van der Waals surface area contributed by atoms with Crippen molar-refractivity contribution in [2.75, 3.05) is 18.4 Å². The van der Waals surface area contributed by atoms with E-state index in [1.807, 2.05) is 24.3 Å². The first-order valence-corrected chi connectivity index (χ1v) is 7.23. The number of nitrogens with zero attached hydrogens (tertiary/aromatic N) is 1. The van der Waals surface area contributed by atoms with Gasteiger partial charge >= 0.3 is 5.97 Å². The Morgan fingerprint density at radius 2 is 1.86 bits per heavy atom. The van der Waals surface area contributed by atoms with Crippen molar-refractivity contribution in [3.05, 3.63) is 29.8 Å². The number of likely N-dealkylation sites (tertiary alicyclic amines) is 1. The van der Waals surface area contributed by atoms with Crippen LogP contribution in [0, 0.1) is 5.92 Å². The highest BCUT2D eigenvalue weighted by Gasteiger charge is 2.39. The highest BCUT2D eigenvalue weighted by molar-refractivity contribution is 5.88. The highest BCUT2D eigenvalue weighted by Crippen LogP contribution is 2.34. The zero-order valence-electron chi connectivity index (χ0n) is 12.7. The van der Waals surface area contributed by atoms with E-state index in [2.05, 4.69) is 24.1 Å². The van der Waals surface area contributed by atoms with Crippen LogP contribution >= 0.6 is 0 Å². The lowest BCUT2D eigenvalue weighted by molar-refractivity contribution is -0.141. The zero-order chi connectivity index (χ0) is 15.6. The Bertz CT molecular complexity index is 525. The Balaban J connectivity index is 2.18. The van der Waals surface area contributed by atoms with Crippen LogP contribution < -0.4 is 5.32 Å². The van der Waals surface area contributed by atoms with E-state index >= 15 is 0 Å². The molecular weight excluding hydrogens is 268 g/mol. The molecule has 0 radical (unpaired) electrons. The number of carbonyl (C=O) groups is 2. The Morgan fingerprint density at radius 3 is 2.33 bits per heavy atom. The summed E-state index contributed by atoms with van der Waals surface area (Å²) in [5.41, 5.74) is 1.75. The summed E-state index contributed by atoms with van der Waals surface area (Å²) >= 11 is 0. The van der Waals surface area contributed by atoms with Crippen LogP contribution in [0.25, 0.3) is 0 Å². The number of benzene rings is 1. The number of amides is 1. The molecule has 0 saturated carbocycles. The fraction of sp³-hybridized carbons (Fsp3) is 0.500. The molecule has 1 aromatic rings. The number of rotatable bonds is 4. The van der Waals surface area contributed by atoms with Gasteiger partial charge in [0.25, 0.3) is 0 Å². The molecule has 21 heavy (non-hydrogen) atoms. The van der Waals surface area contributed by atoms with Crippen molar-refractivity contribution < 1.29 is 14.7 Å². The van der Waals surface area contributed by atoms with Crippen molar-refractivity contribution in [3.63, 3.8) is 0 Å². The predicted molar refractivity (Wildman–Crippen MR) is 81.3 cm³/mol. The van der Waals surface area contributed by atoms with Crippen LogP contribution in [-0.4, -0.2) is 41.0 Å². The summed E-state index contributed by atoms with van der Waals surface area (Å²) in [6.07, 6.45) is 0. The zero-order valence-corrected chi connectivity index (χ0v) is 12.7. The number of hydrogen-bond acceptors (Lipinski definition) is 3. The molecular formula is C16H22N2O3. The van der Waals surface area contributed by atoms with Gasteiger partial charge in [0.15, 0.2) is 0 Å². The number of nitrogens with one attached hydrogen (secondary N) is 1. The quantitative estimate of drug-likeness (QED) is 0.891. The third kappa shape index (κ3) is 3.61. The first-order chi connectivity index (χ1) is 9.88. The summed E-state index contributed by atoms with van der Waals surface area (Å²) in [6.45, 7) is 6.98. The van der Waals surface area contributed by atoms with Crippen LogP contribution in [0.1, 0.15) is 32.3 Å². The molecule has 1 saturated heterocycles. The molecule has 1 aliphatic heterocycles. The summed E-state index contributed by atoms with van der Waals surface area (Å²) in [7, 11) is 0. The van der Waals surface area contributed by atoms with E-state index in [1.54, 1.807) is 0 Å². The molecule has 2 N–H and O–H groups in total. The van der Waals surface area contributed by atoms with E-state index < -0.39 is 5.97 Å². The molecule has 1 amide bonds. The van der Waals surface area contributed by atoms with Gasteiger partial charge in [-0.25, -0.2) is 0 Å². The molecule has 1 aliphatic rings. The number of hydrogen-bond donors (Lipinski definition) is 2. The molecule has 2 rings (SSSR count). The maximum absolute atomic E-state index is 11.5. The molecule has 0 spiro atoms. The second-order valence-electron chi connectivity index (χ2n) is 5.90. The fourth-order valence-electron chi connectivity index (χ4n) is 2.86. The summed E-state index contributed by atoms with van der Waals surface area (Å²) in [6, 6.07) is 7.82. The third-order valence-electron chi connectivity index (χ3n) is 4.05. The molecule has 1 heterocycles. The normalized spacial score (nSPS) is 22.5. The smallest absolute Gasteiger partial charge is 0.308 e.